The number of benzene rings is 3. The van der Waals surface area contributed by atoms with Gasteiger partial charge in [0.15, 0.2) is 0 Å². The number of carbonyl (C=O) groups is 1. The van der Waals surface area contributed by atoms with Crippen molar-refractivity contribution in [2.75, 3.05) is 17.2 Å². The molecule has 7 heteroatoms. The molecule has 0 fully saturated rings. The molecule has 3 aromatic carbocycles. The lowest BCUT2D eigenvalue weighted by atomic mass is 9.94. The van der Waals surface area contributed by atoms with E-state index in [1.54, 1.807) is 31.2 Å². The van der Waals surface area contributed by atoms with Crippen LogP contribution in [0.25, 0.3) is 0 Å². The first-order valence-corrected chi connectivity index (χ1v) is 12.7. The molecule has 0 saturated heterocycles. The molecule has 0 aliphatic heterocycles. The predicted octanol–water partition coefficient (Wildman–Crippen LogP) is 4.45. The van der Waals surface area contributed by atoms with E-state index in [9.17, 15) is 13.2 Å². The van der Waals surface area contributed by atoms with Crippen molar-refractivity contribution in [2.24, 2.45) is 0 Å². The monoisotopic (exact) mass is 466 g/mol. The van der Waals surface area contributed by atoms with Crippen molar-refractivity contribution in [1.29, 1.82) is 0 Å². The lowest BCUT2D eigenvalue weighted by molar-refractivity contribution is -0.122. The van der Waals surface area contributed by atoms with Crippen LogP contribution in [0.15, 0.2) is 78.9 Å². The maximum absolute atomic E-state index is 13.4. The topological polar surface area (TPSA) is 75.7 Å². The molecule has 174 valence electrons. The van der Waals surface area contributed by atoms with Crippen molar-refractivity contribution < 1.29 is 17.9 Å². The molecule has 2 atom stereocenters. The normalized spacial score (nSPS) is 13.1. The quantitative estimate of drug-likeness (QED) is 0.505. The number of hydrogen-bond acceptors (Lipinski definition) is 4. The molecular weight excluding hydrogens is 436 g/mol. The summed E-state index contributed by atoms with van der Waals surface area (Å²) < 4.78 is 32.0. The van der Waals surface area contributed by atoms with Gasteiger partial charge < -0.3 is 10.1 Å². The molecule has 1 amide bonds. The van der Waals surface area contributed by atoms with Crippen molar-refractivity contribution in [3.05, 3.63) is 95.6 Å². The fourth-order valence-corrected chi connectivity index (χ4v) is 5.00. The van der Waals surface area contributed by atoms with Crippen LogP contribution >= 0.6 is 0 Å². The van der Waals surface area contributed by atoms with Gasteiger partial charge in [-0.25, -0.2) is 8.42 Å². The zero-order chi connectivity index (χ0) is 24.0. The van der Waals surface area contributed by atoms with Gasteiger partial charge in [-0.3, -0.25) is 9.10 Å². The summed E-state index contributed by atoms with van der Waals surface area (Å²) in [4.78, 5) is 13.4. The van der Waals surface area contributed by atoms with Gasteiger partial charge in [0.05, 0.1) is 24.6 Å². The lowest BCUT2D eigenvalue weighted by Crippen LogP contribution is -2.48. The molecule has 0 aliphatic rings. The second-order valence-electron chi connectivity index (χ2n) is 7.87. The number of anilines is 1. The van der Waals surface area contributed by atoms with Gasteiger partial charge in [-0.1, -0.05) is 54.6 Å². The molecular formula is C26H30N2O4S. The van der Waals surface area contributed by atoms with Crippen LogP contribution in [0, 0.1) is 6.92 Å². The predicted molar refractivity (Wildman–Crippen MR) is 132 cm³/mol. The Bertz CT molecular complexity index is 1180. The van der Waals surface area contributed by atoms with E-state index < -0.39 is 28.0 Å². The van der Waals surface area contributed by atoms with Crippen molar-refractivity contribution in [2.45, 2.75) is 32.9 Å². The average molecular weight is 467 g/mol. The molecule has 0 heterocycles. The van der Waals surface area contributed by atoms with Crippen LogP contribution in [0.2, 0.25) is 0 Å². The van der Waals surface area contributed by atoms with Gasteiger partial charge in [0.1, 0.15) is 11.8 Å². The molecule has 3 rings (SSSR count). The van der Waals surface area contributed by atoms with Crippen molar-refractivity contribution in [1.82, 2.24) is 5.32 Å². The standard InChI is InChI=1S/C26H30N2O4S/c1-5-32-23-17-15-22(16-18-23)28(33(4,30)31)20(3)26(29)27-25(21-12-7-6-8-13-21)24-14-10-9-11-19(24)2/h6-18,20,25H,5H2,1-4H3,(H,27,29)/t20-,25-/m0/s1. The summed E-state index contributed by atoms with van der Waals surface area (Å²) in [5, 5.41) is 3.07. The third-order valence-corrected chi connectivity index (χ3v) is 6.65. The Hall–Kier alpha value is -3.32. The fourth-order valence-electron chi connectivity index (χ4n) is 3.82. The van der Waals surface area contributed by atoms with Crippen LogP contribution in [0.3, 0.4) is 0 Å². The number of ether oxygens (including phenoxy) is 1. The molecule has 1 N–H and O–H groups in total. The molecule has 6 nitrogen and oxygen atoms in total. The molecule has 3 aromatic rings. The number of carbonyl (C=O) groups excluding carboxylic acids is 1. The Morgan fingerprint density at radius 2 is 1.58 bits per heavy atom. The van der Waals surface area contributed by atoms with Gasteiger partial charge >= 0.3 is 0 Å². The highest BCUT2D eigenvalue weighted by molar-refractivity contribution is 7.92. The van der Waals surface area contributed by atoms with Gasteiger partial charge in [0.25, 0.3) is 0 Å². The van der Waals surface area contributed by atoms with Gasteiger partial charge in [-0.2, -0.15) is 0 Å². The molecule has 0 unspecified atom stereocenters. The number of hydrogen-bond donors (Lipinski definition) is 1. The highest BCUT2D eigenvalue weighted by Crippen LogP contribution is 2.27. The molecule has 0 spiro atoms. The molecule has 0 bridgehead atoms. The summed E-state index contributed by atoms with van der Waals surface area (Å²) in [5.74, 6) is 0.238. The number of nitrogens with zero attached hydrogens (tertiary/aromatic N) is 1. The summed E-state index contributed by atoms with van der Waals surface area (Å²) >= 11 is 0. The van der Waals surface area contributed by atoms with E-state index >= 15 is 0 Å². The Morgan fingerprint density at radius 1 is 0.970 bits per heavy atom. The summed E-state index contributed by atoms with van der Waals surface area (Å²) in [6.45, 7) is 5.96. The highest BCUT2D eigenvalue weighted by atomic mass is 32.2. The fraction of sp³-hybridized carbons (Fsp3) is 0.269. The number of sulfonamides is 1. The Balaban J connectivity index is 1.94. The maximum atomic E-state index is 13.4. The van der Waals surface area contributed by atoms with Crippen molar-refractivity contribution in [3.8, 4) is 5.75 Å². The van der Waals surface area contributed by atoms with Crippen molar-refractivity contribution >= 4 is 21.6 Å². The Labute approximate surface area is 196 Å². The highest BCUT2D eigenvalue weighted by Gasteiger charge is 2.31. The van der Waals surface area contributed by atoms with Gasteiger partial charge in [-0.15, -0.1) is 0 Å². The summed E-state index contributed by atoms with van der Waals surface area (Å²) in [5.41, 5.74) is 3.30. The molecule has 0 aromatic heterocycles. The minimum atomic E-state index is -3.73. The van der Waals surface area contributed by atoms with Gasteiger partial charge in [0.2, 0.25) is 15.9 Å². The van der Waals surface area contributed by atoms with Crippen LogP contribution in [-0.2, 0) is 14.8 Å². The summed E-state index contributed by atoms with van der Waals surface area (Å²) in [6, 6.07) is 22.8. The Morgan fingerprint density at radius 3 is 2.15 bits per heavy atom. The third-order valence-electron chi connectivity index (χ3n) is 5.41. The van der Waals surface area contributed by atoms with E-state index in [0.717, 1.165) is 27.3 Å². The first-order valence-electron chi connectivity index (χ1n) is 10.9. The molecule has 0 aliphatic carbocycles. The Kier molecular flexibility index (Phi) is 7.76. The smallest absolute Gasteiger partial charge is 0.244 e. The van der Waals surface area contributed by atoms with Crippen LogP contribution in [-0.4, -0.2) is 33.2 Å². The minimum Gasteiger partial charge on any atom is -0.494 e. The maximum Gasteiger partial charge on any atom is 0.244 e. The molecule has 0 saturated carbocycles. The van der Waals surface area contributed by atoms with Gasteiger partial charge in [-0.05, 0) is 61.7 Å². The average Bonchev–Trinajstić information content (AvgIpc) is 2.79. The zero-order valence-electron chi connectivity index (χ0n) is 19.4. The summed E-state index contributed by atoms with van der Waals surface area (Å²) in [7, 11) is -3.73. The largest absolute Gasteiger partial charge is 0.494 e. The van der Waals surface area contributed by atoms with Gasteiger partial charge in [0, 0.05) is 0 Å². The van der Waals surface area contributed by atoms with E-state index in [1.165, 1.54) is 0 Å². The second-order valence-corrected chi connectivity index (χ2v) is 9.73. The van der Waals surface area contributed by atoms with E-state index in [4.69, 9.17) is 4.74 Å². The lowest BCUT2D eigenvalue weighted by Gasteiger charge is -2.30. The third kappa shape index (κ3) is 5.93. The number of nitrogens with one attached hydrogen (secondary N) is 1. The van der Waals surface area contributed by atoms with Crippen LogP contribution in [0.1, 0.15) is 36.6 Å². The summed E-state index contributed by atoms with van der Waals surface area (Å²) in [6.07, 6.45) is 1.10. The number of rotatable bonds is 9. The number of amides is 1. The van der Waals surface area contributed by atoms with Crippen molar-refractivity contribution in [3.63, 3.8) is 0 Å². The first-order chi connectivity index (χ1) is 15.7. The molecule has 33 heavy (non-hydrogen) atoms. The van der Waals surface area contributed by atoms with E-state index in [2.05, 4.69) is 5.32 Å². The van der Waals surface area contributed by atoms with E-state index in [0.29, 0.717) is 18.0 Å². The van der Waals surface area contributed by atoms with Crippen LogP contribution < -0.4 is 14.4 Å². The van der Waals surface area contributed by atoms with Crippen LogP contribution in [0.4, 0.5) is 5.69 Å². The van der Waals surface area contributed by atoms with E-state index in [1.807, 2.05) is 68.4 Å². The number of aryl methyl sites for hydroxylation is 1. The zero-order valence-corrected chi connectivity index (χ0v) is 20.2. The SMILES string of the molecule is CCOc1ccc(N([C@@H](C)C(=O)N[C@@H](c2ccccc2)c2ccccc2C)S(C)(=O)=O)cc1. The minimum absolute atomic E-state index is 0.397. The van der Waals surface area contributed by atoms with E-state index in [-0.39, 0.29) is 0 Å². The first kappa shape index (κ1) is 24.3. The second kappa shape index (κ2) is 10.5. The molecule has 0 radical (unpaired) electrons. The van der Waals surface area contributed by atoms with Crippen LogP contribution in [0.5, 0.6) is 5.75 Å².